The van der Waals surface area contributed by atoms with Crippen LogP contribution in [0.2, 0.25) is 0 Å². The monoisotopic (exact) mass is 217 g/mol. The number of hydrogen-bond donors (Lipinski definition) is 2. The summed E-state index contributed by atoms with van der Waals surface area (Å²) in [6, 6.07) is -1.24. The van der Waals surface area contributed by atoms with Crippen LogP contribution in [0, 0.1) is 16.0 Å². The molecule has 0 unspecified atom stereocenters. The van der Waals surface area contributed by atoms with E-state index in [1.165, 1.54) is 6.92 Å². The van der Waals surface area contributed by atoms with Gasteiger partial charge in [-0.15, -0.1) is 0 Å². The maximum absolute atomic E-state index is 10.7. The highest BCUT2D eigenvalue weighted by molar-refractivity contribution is 4.81. The van der Waals surface area contributed by atoms with Gasteiger partial charge in [-0.3, -0.25) is 10.1 Å². The Morgan fingerprint density at radius 1 is 1.27 bits per heavy atom. The third kappa shape index (κ3) is 3.14. The zero-order valence-corrected chi connectivity index (χ0v) is 9.00. The highest BCUT2D eigenvalue weighted by Gasteiger charge is 2.39. The van der Waals surface area contributed by atoms with Crippen LogP contribution in [0.5, 0.6) is 0 Å². The molecule has 15 heavy (non-hydrogen) atoms. The molecule has 0 aromatic heterocycles. The fraction of sp³-hybridized carbons (Fsp3) is 1.00. The zero-order valence-electron chi connectivity index (χ0n) is 9.00. The minimum Gasteiger partial charge on any atom is -0.386 e. The van der Waals surface area contributed by atoms with Gasteiger partial charge in [0, 0.05) is 4.92 Å². The summed E-state index contributed by atoms with van der Waals surface area (Å²) in [5.41, 5.74) is 0. The van der Waals surface area contributed by atoms with Crippen LogP contribution in [-0.4, -0.2) is 33.4 Å². The van der Waals surface area contributed by atoms with E-state index in [2.05, 4.69) is 0 Å². The Kier molecular flexibility index (Phi) is 4.47. The van der Waals surface area contributed by atoms with Gasteiger partial charge in [-0.05, 0) is 25.7 Å². The van der Waals surface area contributed by atoms with Crippen molar-refractivity contribution in [2.75, 3.05) is 0 Å². The topological polar surface area (TPSA) is 83.6 Å². The van der Waals surface area contributed by atoms with Crippen LogP contribution >= 0.6 is 0 Å². The molecule has 0 aromatic carbocycles. The van der Waals surface area contributed by atoms with Gasteiger partial charge in [0.2, 0.25) is 0 Å². The summed E-state index contributed by atoms with van der Waals surface area (Å²) in [6.45, 7) is 1.36. The fourth-order valence-corrected chi connectivity index (χ4v) is 2.34. The van der Waals surface area contributed by atoms with E-state index in [4.69, 9.17) is 0 Å². The molecule has 0 heterocycles. The number of hydrogen-bond acceptors (Lipinski definition) is 4. The third-order valence-corrected chi connectivity index (χ3v) is 3.22. The van der Waals surface area contributed by atoms with Crippen molar-refractivity contribution in [3.63, 3.8) is 0 Å². The smallest absolute Gasteiger partial charge is 0.263 e. The van der Waals surface area contributed by atoms with Crippen molar-refractivity contribution in [3.8, 4) is 0 Å². The second-order valence-corrected chi connectivity index (χ2v) is 4.41. The lowest BCUT2D eigenvalue weighted by Crippen LogP contribution is -2.46. The standard InChI is InChI=1S/C10H19NO4/c1-7(12)9(11(14)15)10(13)8-5-3-2-4-6-8/h7-10,12-13H,2-6H2,1H3/t7-,9+,10-/m1/s1. The number of rotatable bonds is 4. The normalized spacial score (nSPS) is 24.5. The summed E-state index contributed by atoms with van der Waals surface area (Å²) < 4.78 is 0. The predicted molar refractivity (Wildman–Crippen MR) is 55.0 cm³/mol. The average molecular weight is 217 g/mol. The third-order valence-electron chi connectivity index (χ3n) is 3.22. The molecule has 1 saturated carbocycles. The molecular weight excluding hydrogens is 198 g/mol. The van der Waals surface area contributed by atoms with Crippen LogP contribution < -0.4 is 0 Å². The van der Waals surface area contributed by atoms with Crippen molar-refractivity contribution in [2.45, 2.75) is 57.3 Å². The average Bonchev–Trinajstić information content (AvgIpc) is 2.18. The summed E-state index contributed by atoms with van der Waals surface area (Å²) in [5, 5.41) is 29.9. The van der Waals surface area contributed by atoms with E-state index in [1.807, 2.05) is 0 Å². The van der Waals surface area contributed by atoms with Crippen LogP contribution in [0.15, 0.2) is 0 Å². The minimum absolute atomic E-state index is 0.0243. The highest BCUT2D eigenvalue weighted by atomic mass is 16.6. The van der Waals surface area contributed by atoms with Crippen molar-refractivity contribution >= 4 is 0 Å². The first-order chi connectivity index (χ1) is 7.04. The quantitative estimate of drug-likeness (QED) is 0.542. The Hall–Kier alpha value is -0.680. The SMILES string of the molecule is C[C@@H](O)[C@@H]([C@H](O)C1CCCCC1)[N+](=O)[O-]. The largest absolute Gasteiger partial charge is 0.386 e. The molecule has 0 saturated heterocycles. The molecule has 0 radical (unpaired) electrons. The molecule has 0 aliphatic heterocycles. The van der Waals surface area contributed by atoms with Gasteiger partial charge < -0.3 is 10.2 Å². The van der Waals surface area contributed by atoms with Crippen LogP contribution in [0.4, 0.5) is 0 Å². The van der Waals surface area contributed by atoms with E-state index < -0.39 is 23.2 Å². The number of nitro groups is 1. The Labute approximate surface area is 89.3 Å². The Bertz CT molecular complexity index is 213. The van der Waals surface area contributed by atoms with Gasteiger partial charge in [-0.1, -0.05) is 19.3 Å². The lowest BCUT2D eigenvalue weighted by molar-refractivity contribution is -0.547. The molecule has 1 aliphatic rings. The molecule has 1 fully saturated rings. The molecule has 5 nitrogen and oxygen atoms in total. The van der Waals surface area contributed by atoms with Gasteiger partial charge in [0.15, 0.2) is 0 Å². The van der Waals surface area contributed by atoms with Crippen molar-refractivity contribution in [1.82, 2.24) is 0 Å². The van der Waals surface area contributed by atoms with Gasteiger partial charge in [0.1, 0.15) is 12.2 Å². The maximum atomic E-state index is 10.7. The minimum atomic E-state index is -1.24. The zero-order chi connectivity index (χ0) is 11.4. The van der Waals surface area contributed by atoms with Gasteiger partial charge in [0.05, 0.1) is 0 Å². The van der Waals surface area contributed by atoms with Gasteiger partial charge in [0.25, 0.3) is 6.04 Å². The second kappa shape index (κ2) is 5.42. The van der Waals surface area contributed by atoms with Crippen molar-refractivity contribution in [2.24, 2.45) is 5.92 Å². The molecule has 5 heteroatoms. The Balaban J connectivity index is 2.61. The van der Waals surface area contributed by atoms with Crippen LogP contribution in [0.1, 0.15) is 39.0 Å². The van der Waals surface area contributed by atoms with E-state index in [-0.39, 0.29) is 5.92 Å². The lowest BCUT2D eigenvalue weighted by atomic mass is 9.82. The van der Waals surface area contributed by atoms with E-state index >= 15 is 0 Å². The second-order valence-electron chi connectivity index (χ2n) is 4.41. The summed E-state index contributed by atoms with van der Waals surface area (Å²) in [4.78, 5) is 10.1. The van der Waals surface area contributed by atoms with Gasteiger partial charge in [-0.25, -0.2) is 0 Å². The molecule has 1 aliphatic carbocycles. The molecule has 1 rings (SSSR count). The fourth-order valence-electron chi connectivity index (χ4n) is 2.34. The summed E-state index contributed by atoms with van der Waals surface area (Å²) in [7, 11) is 0. The Morgan fingerprint density at radius 3 is 2.20 bits per heavy atom. The molecule has 0 aromatic rings. The molecule has 88 valence electrons. The first kappa shape index (κ1) is 12.4. The first-order valence-corrected chi connectivity index (χ1v) is 5.53. The first-order valence-electron chi connectivity index (χ1n) is 5.53. The molecule has 0 spiro atoms. The molecule has 0 amide bonds. The van der Waals surface area contributed by atoms with Crippen LogP contribution in [-0.2, 0) is 0 Å². The number of nitrogens with zero attached hydrogens (tertiary/aromatic N) is 1. The van der Waals surface area contributed by atoms with Crippen LogP contribution in [0.25, 0.3) is 0 Å². The molecular formula is C10H19NO4. The van der Waals surface area contributed by atoms with Crippen molar-refractivity contribution < 1.29 is 15.1 Å². The summed E-state index contributed by atoms with van der Waals surface area (Å²) >= 11 is 0. The Morgan fingerprint density at radius 2 is 1.80 bits per heavy atom. The van der Waals surface area contributed by atoms with Crippen molar-refractivity contribution in [1.29, 1.82) is 0 Å². The van der Waals surface area contributed by atoms with E-state index in [9.17, 15) is 20.3 Å². The van der Waals surface area contributed by atoms with E-state index in [0.717, 1.165) is 32.1 Å². The van der Waals surface area contributed by atoms with Crippen molar-refractivity contribution in [3.05, 3.63) is 10.1 Å². The van der Waals surface area contributed by atoms with Crippen LogP contribution in [0.3, 0.4) is 0 Å². The van der Waals surface area contributed by atoms with E-state index in [0.29, 0.717) is 0 Å². The van der Waals surface area contributed by atoms with Gasteiger partial charge >= 0.3 is 0 Å². The molecule has 3 atom stereocenters. The summed E-state index contributed by atoms with van der Waals surface area (Å²) in [5.74, 6) is -0.0243. The number of aliphatic hydroxyl groups is 2. The lowest BCUT2D eigenvalue weighted by Gasteiger charge is -2.29. The highest BCUT2D eigenvalue weighted by Crippen LogP contribution is 2.29. The number of aliphatic hydroxyl groups excluding tert-OH is 2. The predicted octanol–water partition coefficient (Wildman–Crippen LogP) is 0.954. The molecule has 0 bridgehead atoms. The van der Waals surface area contributed by atoms with E-state index in [1.54, 1.807) is 0 Å². The maximum Gasteiger partial charge on any atom is 0.263 e. The van der Waals surface area contributed by atoms with Gasteiger partial charge in [-0.2, -0.15) is 0 Å². The molecule has 2 N–H and O–H groups in total. The summed E-state index contributed by atoms with van der Waals surface area (Å²) in [6.07, 6.45) is 2.73.